The van der Waals surface area contributed by atoms with E-state index in [1.54, 1.807) is 11.8 Å². The number of rotatable bonds is 3. The van der Waals surface area contributed by atoms with E-state index in [2.05, 4.69) is 27.4 Å². The molecule has 1 aromatic carbocycles. The highest BCUT2D eigenvalue weighted by molar-refractivity contribution is 6.33. The van der Waals surface area contributed by atoms with Gasteiger partial charge < -0.3 is 14.6 Å². The van der Waals surface area contributed by atoms with Gasteiger partial charge in [0.2, 0.25) is 11.8 Å². The monoisotopic (exact) mass is 459 g/mol. The van der Waals surface area contributed by atoms with Crippen molar-refractivity contribution < 1.29 is 18.0 Å². The summed E-state index contributed by atoms with van der Waals surface area (Å²) in [5, 5.41) is 10.8. The number of carbonyl (C=O) groups is 1. The van der Waals surface area contributed by atoms with Crippen LogP contribution in [0.4, 0.5) is 19.3 Å². The topological polar surface area (TPSA) is 84.2 Å². The molecular weight excluding hydrogens is 440 g/mol. The molecule has 32 heavy (non-hydrogen) atoms. The number of piperidine rings is 1. The van der Waals surface area contributed by atoms with Crippen molar-refractivity contribution in [3.05, 3.63) is 59.0 Å². The van der Waals surface area contributed by atoms with Gasteiger partial charge in [-0.3, -0.25) is 4.98 Å². The third-order valence-corrected chi connectivity index (χ3v) is 6.53. The molecule has 3 aromatic rings. The van der Waals surface area contributed by atoms with E-state index in [0.29, 0.717) is 35.2 Å². The van der Waals surface area contributed by atoms with Crippen molar-refractivity contribution in [3.8, 4) is 11.1 Å². The lowest BCUT2D eigenvalue weighted by Gasteiger charge is -2.61. The lowest BCUT2D eigenvalue weighted by molar-refractivity contribution is -0.110. The minimum Gasteiger partial charge on any atom is -0.423 e. The Kier molecular flexibility index (Phi) is 4.88. The van der Waals surface area contributed by atoms with Gasteiger partial charge in [0.25, 0.3) is 0 Å². The lowest BCUT2D eigenvalue weighted by Crippen LogP contribution is -2.70. The third-order valence-electron chi connectivity index (χ3n) is 6.22. The van der Waals surface area contributed by atoms with E-state index in [-0.39, 0.29) is 16.8 Å². The van der Waals surface area contributed by atoms with Crippen LogP contribution in [-0.4, -0.2) is 32.2 Å². The van der Waals surface area contributed by atoms with Gasteiger partial charge >= 0.3 is 6.03 Å². The summed E-state index contributed by atoms with van der Waals surface area (Å²) in [5.74, 6) is -0.0418. The number of halogens is 3. The first-order chi connectivity index (χ1) is 15.3. The minimum atomic E-state index is -0.702. The maximum Gasteiger partial charge on any atom is 0.323 e. The Morgan fingerprint density at radius 2 is 2.06 bits per heavy atom. The van der Waals surface area contributed by atoms with Crippen molar-refractivity contribution in [2.75, 3.05) is 5.32 Å². The first-order valence-electron chi connectivity index (χ1n) is 10.3. The maximum atomic E-state index is 14.7. The Bertz CT molecular complexity index is 1220. The summed E-state index contributed by atoms with van der Waals surface area (Å²) in [6, 6.07) is 3.24. The average molecular weight is 460 g/mol. The molecular formula is C22H20ClF2N5O2. The zero-order valence-electron chi connectivity index (χ0n) is 17.4. The normalized spacial score (nSPS) is 24.2. The number of amides is 2. The minimum absolute atomic E-state index is 0.00629. The highest BCUT2D eigenvalue weighted by Crippen LogP contribution is 2.55. The zero-order chi connectivity index (χ0) is 22.6. The molecule has 1 N–H and O–H groups in total. The number of pyridine rings is 1. The van der Waals surface area contributed by atoms with Crippen LogP contribution in [0.1, 0.15) is 38.0 Å². The van der Waals surface area contributed by atoms with Crippen LogP contribution < -0.4 is 5.32 Å². The highest BCUT2D eigenvalue weighted by atomic mass is 35.5. The van der Waals surface area contributed by atoms with Crippen LogP contribution in [0, 0.1) is 24.5 Å². The van der Waals surface area contributed by atoms with E-state index in [9.17, 15) is 13.6 Å². The molecule has 2 unspecified atom stereocenters. The molecule has 5 rings (SSSR count). The highest BCUT2D eigenvalue weighted by Gasteiger charge is 2.62. The second-order valence-corrected chi connectivity index (χ2v) is 8.97. The van der Waals surface area contributed by atoms with Crippen LogP contribution in [0.15, 0.2) is 35.0 Å². The van der Waals surface area contributed by atoms with E-state index in [1.807, 2.05) is 0 Å². The fourth-order valence-electron chi connectivity index (χ4n) is 5.03. The number of hydrogen-bond donors (Lipinski definition) is 1. The third kappa shape index (κ3) is 3.31. The van der Waals surface area contributed by atoms with Crippen molar-refractivity contribution in [2.45, 2.75) is 44.7 Å². The van der Waals surface area contributed by atoms with Crippen molar-refractivity contribution in [1.82, 2.24) is 20.1 Å². The van der Waals surface area contributed by atoms with E-state index in [1.165, 1.54) is 18.3 Å². The van der Waals surface area contributed by atoms with Crippen molar-refractivity contribution >= 4 is 23.3 Å². The molecule has 2 bridgehead atoms. The van der Waals surface area contributed by atoms with Crippen LogP contribution in [0.2, 0.25) is 5.02 Å². The molecule has 10 heteroatoms. The SMILES string of the molecule is Cc1nnc(C23CC(C[C@@H](C)C2)N3C(=O)Nc2cc(-c3cncc(F)c3)c(Cl)cc2F)o1. The number of benzene rings is 1. The molecule has 3 atom stereocenters. The van der Waals surface area contributed by atoms with E-state index in [4.69, 9.17) is 16.0 Å². The lowest BCUT2D eigenvalue weighted by atomic mass is 9.64. The molecule has 0 radical (unpaired) electrons. The Morgan fingerprint density at radius 1 is 1.25 bits per heavy atom. The van der Waals surface area contributed by atoms with Gasteiger partial charge in [0.05, 0.1) is 16.9 Å². The van der Waals surface area contributed by atoms with E-state index >= 15 is 0 Å². The molecule has 1 saturated carbocycles. The standard InChI is InChI=1S/C22H20ClF2N5O2/c1-11-3-15-8-22(7-11,20-29-28-12(2)32-20)30(15)21(31)27-19-5-16(17(23)6-18(19)25)13-4-14(24)10-26-9-13/h4-6,9-11,15H,3,7-8H2,1-2H3,(H,27,31)/t11-,15?,22?/m1/s1. The molecule has 2 fully saturated rings. The number of nitrogens with one attached hydrogen (secondary N) is 1. The molecule has 3 heterocycles. The van der Waals surface area contributed by atoms with E-state index < -0.39 is 23.2 Å². The number of fused-ring (bicyclic) bond motifs is 2. The fourth-order valence-corrected chi connectivity index (χ4v) is 5.29. The summed E-state index contributed by atoms with van der Waals surface area (Å²) in [7, 11) is 0. The number of aryl methyl sites for hydroxylation is 1. The van der Waals surface area contributed by atoms with Crippen molar-refractivity contribution in [2.24, 2.45) is 5.92 Å². The van der Waals surface area contributed by atoms with Crippen LogP contribution in [0.5, 0.6) is 0 Å². The summed E-state index contributed by atoms with van der Waals surface area (Å²) in [6.07, 6.45) is 4.72. The number of urea groups is 1. The molecule has 2 aliphatic rings. The van der Waals surface area contributed by atoms with Gasteiger partial charge in [0.1, 0.15) is 17.2 Å². The Labute approximate surface area is 187 Å². The van der Waals surface area contributed by atoms with Gasteiger partial charge in [-0.05, 0) is 37.0 Å². The quantitative estimate of drug-likeness (QED) is 0.574. The van der Waals surface area contributed by atoms with Crippen LogP contribution in [0.25, 0.3) is 11.1 Å². The molecule has 166 valence electrons. The fraction of sp³-hybridized carbons (Fsp3) is 0.364. The molecule has 2 amide bonds. The number of anilines is 1. The first-order valence-corrected chi connectivity index (χ1v) is 10.7. The Balaban J connectivity index is 1.47. The summed E-state index contributed by atoms with van der Waals surface area (Å²) in [4.78, 5) is 18.8. The summed E-state index contributed by atoms with van der Waals surface area (Å²) < 4.78 is 34.0. The molecule has 2 aromatic heterocycles. The molecule has 1 saturated heterocycles. The van der Waals surface area contributed by atoms with Crippen molar-refractivity contribution in [1.29, 1.82) is 0 Å². The van der Waals surface area contributed by atoms with Gasteiger partial charge in [-0.25, -0.2) is 13.6 Å². The second kappa shape index (κ2) is 7.51. The van der Waals surface area contributed by atoms with Crippen LogP contribution in [-0.2, 0) is 5.54 Å². The molecule has 1 aliphatic carbocycles. The Morgan fingerprint density at radius 3 is 2.78 bits per heavy atom. The largest absolute Gasteiger partial charge is 0.423 e. The number of carbonyl (C=O) groups excluding carboxylic acids is 1. The molecule has 7 nitrogen and oxygen atoms in total. The van der Waals surface area contributed by atoms with Gasteiger partial charge in [0, 0.05) is 36.7 Å². The second-order valence-electron chi connectivity index (χ2n) is 8.56. The predicted octanol–water partition coefficient (Wildman–Crippen LogP) is 5.30. The van der Waals surface area contributed by atoms with Crippen molar-refractivity contribution in [3.63, 3.8) is 0 Å². The molecule has 0 spiro atoms. The van der Waals surface area contributed by atoms with Crippen LogP contribution >= 0.6 is 11.6 Å². The van der Waals surface area contributed by atoms with E-state index in [0.717, 1.165) is 25.1 Å². The van der Waals surface area contributed by atoms with Gasteiger partial charge in [-0.1, -0.05) is 18.5 Å². The Hall–Kier alpha value is -3.07. The summed E-state index contributed by atoms with van der Waals surface area (Å²) >= 11 is 6.18. The smallest absolute Gasteiger partial charge is 0.323 e. The van der Waals surface area contributed by atoms with Crippen LogP contribution in [0.3, 0.4) is 0 Å². The molecule has 1 aliphatic heterocycles. The summed E-state index contributed by atoms with van der Waals surface area (Å²) in [6.45, 7) is 3.82. The number of likely N-dealkylation sites (tertiary alicyclic amines) is 1. The summed E-state index contributed by atoms with van der Waals surface area (Å²) in [5.41, 5.74) is -0.0344. The zero-order valence-corrected chi connectivity index (χ0v) is 18.2. The van der Waals surface area contributed by atoms with Gasteiger partial charge in [-0.2, -0.15) is 0 Å². The number of nitrogens with zero attached hydrogens (tertiary/aromatic N) is 4. The number of aromatic nitrogens is 3. The number of hydrogen-bond acceptors (Lipinski definition) is 5. The average Bonchev–Trinajstić information content (AvgIpc) is 3.16. The first kappa shape index (κ1) is 20.8. The maximum absolute atomic E-state index is 14.7. The predicted molar refractivity (Wildman–Crippen MR) is 113 cm³/mol. The van der Waals surface area contributed by atoms with Gasteiger partial charge in [-0.15, -0.1) is 10.2 Å². The van der Waals surface area contributed by atoms with Gasteiger partial charge in [0.15, 0.2) is 0 Å².